The molecule has 1 aromatic carbocycles. The first-order chi connectivity index (χ1) is 14.6. The fourth-order valence-corrected chi connectivity index (χ4v) is 4.12. The van der Waals surface area contributed by atoms with E-state index in [0.717, 1.165) is 32.2 Å². The molecule has 170 valence electrons. The summed E-state index contributed by atoms with van der Waals surface area (Å²) < 4.78 is 11.2. The van der Waals surface area contributed by atoms with Gasteiger partial charge in [-0.15, -0.1) is 0 Å². The molecule has 7 nitrogen and oxygen atoms in total. The number of carbonyl (C=O) groups is 1. The maximum absolute atomic E-state index is 12.6. The molecule has 2 heterocycles. The topological polar surface area (TPSA) is 91.3 Å². The number of hydrogen-bond donors (Lipinski definition) is 3. The first-order valence-electron chi connectivity index (χ1n) is 11.3. The van der Waals surface area contributed by atoms with Crippen molar-refractivity contribution in [2.45, 2.75) is 70.1 Å². The Balaban J connectivity index is 0.00000341. The molecule has 0 radical (unpaired) electrons. The van der Waals surface area contributed by atoms with Gasteiger partial charge in [0.05, 0.1) is 12.1 Å². The third kappa shape index (κ3) is 6.59. The molecule has 1 aromatic rings. The maximum atomic E-state index is 12.6. The summed E-state index contributed by atoms with van der Waals surface area (Å²) in [7, 11) is 0. The van der Waals surface area contributed by atoms with Crippen molar-refractivity contribution in [1.82, 2.24) is 10.2 Å². The summed E-state index contributed by atoms with van der Waals surface area (Å²) in [5.74, 6) is 1.26. The Bertz CT molecular complexity index is 690. The number of β-amino-alcohol motifs (C(OH)–C–C–N with tert-alkyl or cyclic N) is 1. The lowest BCUT2D eigenvalue weighted by Crippen LogP contribution is -2.47. The first kappa shape index (κ1) is 22.8. The highest BCUT2D eigenvalue weighted by atomic mass is 16.6. The molecule has 0 unspecified atom stereocenters. The van der Waals surface area contributed by atoms with Crippen LogP contribution in [-0.4, -0.2) is 66.0 Å². The van der Waals surface area contributed by atoms with E-state index in [1.165, 1.54) is 12.8 Å². The van der Waals surface area contributed by atoms with Gasteiger partial charge >= 0.3 is 0 Å². The Hall–Kier alpha value is -1.83. The molecule has 1 fully saturated rings. The van der Waals surface area contributed by atoms with Crippen LogP contribution in [0.15, 0.2) is 18.2 Å². The number of nitrogens with zero attached hydrogens (tertiary/aromatic N) is 1. The minimum atomic E-state index is -0.873. The lowest BCUT2D eigenvalue weighted by atomic mass is 10.0. The van der Waals surface area contributed by atoms with E-state index in [1.807, 2.05) is 6.07 Å². The minimum absolute atomic E-state index is 0. The van der Waals surface area contributed by atoms with E-state index in [4.69, 9.17) is 9.47 Å². The van der Waals surface area contributed by atoms with Gasteiger partial charge in [0.25, 0.3) is 0 Å². The van der Waals surface area contributed by atoms with Crippen LogP contribution in [0.2, 0.25) is 0 Å². The zero-order valence-electron chi connectivity index (χ0n) is 18.0. The summed E-state index contributed by atoms with van der Waals surface area (Å²) in [6.45, 7) is 5.00. The summed E-state index contributed by atoms with van der Waals surface area (Å²) in [5.41, 5.74) is 0.687. The van der Waals surface area contributed by atoms with Gasteiger partial charge in [-0.3, -0.25) is 9.69 Å². The molecule has 1 saturated heterocycles. The number of ether oxygens (including phenoxy) is 2. The van der Waals surface area contributed by atoms with Crippen LogP contribution in [0.3, 0.4) is 0 Å². The first-order valence-corrected chi connectivity index (χ1v) is 11.3. The largest absolute Gasteiger partial charge is 0.486 e. The summed E-state index contributed by atoms with van der Waals surface area (Å²) in [6.07, 6.45) is 5.42. The number of aliphatic hydroxyl groups is 2. The van der Waals surface area contributed by atoms with Crippen molar-refractivity contribution in [3.8, 4) is 11.5 Å². The van der Waals surface area contributed by atoms with Gasteiger partial charge in [0.2, 0.25) is 5.91 Å². The molecule has 0 aliphatic carbocycles. The van der Waals surface area contributed by atoms with Gasteiger partial charge in [0, 0.05) is 27.5 Å². The van der Waals surface area contributed by atoms with Crippen molar-refractivity contribution in [2.75, 3.05) is 32.8 Å². The number of amides is 1. The fourth-order valence-electron chi connectivity index (χ4n) is 4.12. The highest BCUT2D eigenvalue weighted by Crippen LogP contribution is 2.33. The fraction of sp³-hybridized carbons (Fsp3) is 0.696. The Kier molecular flexibility index (Phi) is 8.78. The highest BCUT2D eigenvalue weighted by Gasteiger charge is 2.29. The van der Waals surface area contributed by atoms with Crippen LogP contribution < -0.4 is 14.8 Å². The number of rotatable bonds is 11. The van der Waals surface area contributed by atoms with E-state index in [0.29, 0.717) is 49.8 Å². The minimum Gasteiger partial charge on any atom is -0.486 e. The zero-order chi connectivity index (χ0) is 21.3. The monoisotopic (exact) mass is 422 g/mol. The predicted molar refractivity (Wildman–Crippen MR) is 117 cm³/mol. The van der Waals surface area contributed by atoms with Gasteiger partial charge in [0.1, 0.15) is 19.3 Å². The Labute approximate surface area is 180 Å². The molecule has 3 rings (SSSR count). The number of carbonyl (C=O) groups excluding carboxylic acids is 1. The molecule has 3 atom stereocenters. The lowest BCUT2D eigenvalue weighted by molar-refractivity contribution is -0.123. The second kappa shape index (κ2) is 11.5. The van der Waals surface area contributed by atoms with E-state index >= 15 is 0 Å². The van der Waals surface area contributed by atoms with E-state index in [9.17, 15) is 15.0 Å². The number of nitrogens with one attached hydrogen (secondary N) is 1. The van der Waals surface area contributed by atoms with E-state index < -0.39 is 12.1 Å². The van der Waals surface area contributed by atoms with E-state index in [1.54, 1.807) is 12.1 Å². The molecule has 2 aliphatic heterocycles. The number of unbranched alkanes of at least 4 members (excludes halogenated alkanes) is 4. The van der Waals surface area contributed by atoms with Crippen LogP contribution in [0.4, 0.5) is 0 Å². The van der Waals surface area contributed by atoms with Crippen molar-refractivity contribution in [3.05, 3.63) is 23.8 Å². The van der Waals surface area contributed by atoms with Crippen LogP contribution in [0.1, 0.15) is 65.0 Å². The molecule has 0 spiro atoms. The van der Waals surface area contributed by atoms with Gasteiger partial charge in [-0.2, -0.15) is 0 Å². The Morgan fingerprint density at radius 2 is 2.00 bits per heavy atom. The van der Waals surface area contributed by atoms with E-state index in [2.05, 4.69) is 17.1 Å². The number of fused-ring (bicyclic) bond motifs is 1. The van der Waals surface area contributed by atoms with Crippen molar-refractivity contribution < 1.29 is 25.9 Å². The molecule has 0 aromatic heterocycles. The van der Waals surface area contributed by atoms with Crippen molar-refractivity contribution in [2.24, 2.45) is 0 Å². The third-order valence-corrected chi connectivity index (χ3v) is 5.85. The third-order valence-electron chi connectivity index (χ3n) is 5.85. The van der Waals surface area contributed by atoms with Crippen LogP contribution in [0.25, 0.3) is 0 Å². The quantitative estimate of drug-likeness (QED) is 0.475. The molecular weight excluding hydrogens is 384 g/mol. The molecule has 7 heteroatoms. The van der Waals surface area contributed by atoms with Crippen molar-refractivity contribution >= 4 is 5.91 Å². The predicted octanol–water partition coefficient (Wildman–Crippen LogP) is 2.65. The highest BCUT2D eigenvalue weighted by molar-refractivity contribution is 5.76. The normalized spacial score (nSPS) is 20.7. The number of benzene rings is 1. The average Bonchev–Trinajstić information content (AvgIpc) is 3.17. The standard InChI is InChI=1S/C23H36N2O5.H2/c1-2-3-4-5-6-7-22(27)24-19(16-25-11-10-18(26)15-25)23(28)17-8-9-20-21(14-17)30-13-12-29-20;/h8-9,14,18-19,23,26,28H,2-7,10-13,15-16H2,1H3,(H,24,27);1H/t18-,19+,23+;/m0./s1. The SMILES string of the molecule is CCCCCCCC(=O)N[C@H](CN1CC[C@H](O)C1)[C@H](O)c1ccc2c(c1)OCCO2.[HH]. The second-order valence-electron chi connectivity index (χ2n) is 8.39. The average molecular weight is 423 g/mol. The molecular formula is C23H38N2O5. The van der Waals surface area contributed by atoms with Gasteiger partial charge in [-0.1, -0.05) is 38.7 Å². The number of hydrogen-bond acceptors (Lipinski definition) is 6. The van der Waals surface area contributed by atoms with Crippen LogP contribution >= 0.6 is 0 Å². The Morgan fingerprint density at radius 1 is 1.23 bits per heavy atom. The molecule has 0 bridgehead atoms. The Morgan fingerprint density at radius 3 is 2.73 bits per heavy atom. The lowest BCUT2D eigenvalue weighted by Gasteiger charge is -2.29. The zero-order valence-corrected chi connectivity index (χ0v) is 18.0. The number of likely N-dealkylation sites (tertiary alicyclic amines) is 1. The number of aliphatic hydroxyl groups excluding tert-OH is 2. The van der Waals surface area contributed by atoms with Crippen molar-refractivity contribution in [3.63, 3.8) is 0 Å². The molecule has 3 N–H and O–H groups in total. The molecule has 1 amide bonds. The van der Waals surface area contributed by atoms with Crippen LogP contribution in [0.5, 0.6) is 11.5 Å². The smallest absolute Gasteiger partial charge is 0.220 e. The van der Waals surface area contributed by atoms with Crippen LogP contribution in [-0.2, 0) is 4.79 Å². The van der Waals surface area contributed by atoms with Crippen molar-refractivity contribution in [1.29, 1.82) is 0 Å². The maximum Gasteiger partial charge on any atom is 0.220 e. The van der Waals surface area contributed by atoms with Gasteiger partial charge in [-0.25, -0.2) is 0 Å². The summed E-state index contributed by atoms with van der Waals surface area (Å²) in [6, 6.07) is 4.96. The van der Waals surface area contributed by atoms with Crippen LogP contribution in [0, 0.1) is 0 Å². The van der Waals surface area contributed by atoms with Gasteiger partial charge < -0.3 is 25.0 Å². The molecule has 0 saturated carbocycles. The van der Waals surface area contributed by atoms with Gasteiger partial charge in [0.15, 0.2) is 11.5 Å². The van der Waals surface area contributed by atoms with Gasteiger partial charge in [-0.05, 0) is 30.5 Å². The summed E-state index contributed by atoms with van der Waals surface area (Å²) in [4.78, 5) is 14.7. The second-order valence-corrected chi connectivity index (χ2v) is 8.39. The molecule has 30 heavy (non-hydrogen) atoms. The van der Waals surface area contributed by atoms with E-state index in [-0.39, 0.29) is 13.4 Å². The summed E-state index contributed by atoms with van der Waals surface area (Å²) >= 11 is 0. The molecule has 2 aliphatic rings. The summed E-state index contributed by atoms with van der Waals surface area (Å²) in [5, 5.41) is 24.0.